The van der Waals surface area contributed by atoms with Crippen LogP contribution in [0.1, 0.15) is 24.0 Å². The highest BCUT2D eigenvalue weighted by Crippen LogP contribution is 2.25. The number of aliphatic hydroxyl groups excluding tert-OH is 1. The summed E-state index contributed by atoms with van der Waals surface area (Å²) in [6.07, 6.45) is 3.56. The topological polar surface area (TPSA) is 114 Å². The predicted molar refractivity (Wildman–Crippen MR) is 132 cm³/mol. The molecule has 0 bridgehead atoms. The first-order valence-corrected chi connectivity index (χ1v) is 12.2. The number of hydrogen-bond donors (Lipinski definition) is 4. The van der Waals surface area contributed by atoms with E-state index in [1.807, 2.05) is 0 Å². The van der Waals surface area contributed by atoms with Gasteiger partial charge in [0, 0.05) is 64.2 Å². The van der Waals surface area contributed by atoms with Gasteiger partial charge < -0.3 is 25.5 Å². The Kier molecular flexibility index (Phi) is 7.19. The zero-order valence-corrected chi connectivity index (χ0v) is 19.8. The first-order chi connectivity index (χ1) is 16.7. The van der Waals surface area contributed by atoms with Gasteiger partial charge in [-0.2, -0.15) is 9.97 Å². The number of aryl methyl sites for hydroxylation is 1. The molecule has 3 aromatic rings. The Morgan fingerprint density at radius 2 is 1.91 bits per heavy atom. The van der Waals surface area contributed by atoms with Crippen LogP contribution < -0.4 is 10.6 Å². The van der Waals surface area contributed by atoms with E-state index in [4.69, 9.17) is 14.8 Å². The van der Waals surface area contributed by atoms with E-state index in [0.29, 0.717) is 17.6 Å². The number of benzene rings is 1. The summed E-state index contributed by atoms with van der Waals surface area (Å²) in [4.78, 5) is 21.7. The van der Waals surface area contributed by atoms with Crippen LogP contribution in [0.2, 0.25) is 0 Å². The van der Waals surface area contributed by atoms with E-state index in [2.05, 4.69) is 60.5 Å². The number of aromatic nitrogens is 4. The molecule has 0 radical (unpaired) electrons. The number of piperazine rings is 1. The smallest absolute Gasteiger partial charge is 0.231 e. The lowest BCUT2D eigenvalue weighted by Crippen LogP contribution is -2.46. The van der Waals surface area contributed by atoms with Gasteiger partial charge in [0.05, 0.1) is 12.9 Å². The number of imidazole rings is 1. The number of nitrogens with zero attached hydrogens (tertiary/aromatic N) is 5. The van der Waals surface area contributed by atoms with Crippen molar-refractivity contribution in [3.05, 3.63) is 35.7 Å². The Morgan fingerprint density at radius 1 is 1.12 bits per heavy atom. The molecule has 2 saturated heterocycles. The third kappa shape index (κ3) is 5.47. The molecule has 2 aliphatic heterocycles. The molecule has 182 valence electrons. The second kappa shape index (κ2) is 10.6. The maximum absolute atomic E-state index is 9.13. The zero-order valence-electron chi connectivity index (χ0n) is 19.8. The summed E-state index contributed by atoms with van der Waals surface area (Å²) in [6, 6.07) is 6.84. The van der Waals surface area contributed by atoms with E-state index in [1.165, 1.54) is 5.56 Å². The van der Waals surface area contributed by atoms with Crippen LogP contribution in [-0.4, -0.2) is 93.4 Å². The largest absolute Gasteiger partial charge is 0.395 e. The van der Waals surface area contributed by atoms with E-state index >= 15 is 0 Å². The monoisotopic (exact) mass is 466 g/mol. The number of rotatable bonds is 8. The molecule has 2 fully saturated rings. The number of fused-ring (bicyclic) bond motifs is 1. The second-order valence-corrected chi connectivity index (χ2v) is 9.14. The lowest BCUT2D eigenvalue weighted by Gasteiger charge is -2.34. The van der Waals surface area contributed by atoms with Crippen molar-refractivity contribution < 1.29 is 9.84 Å². The van der Waals surface area contributed by atoms with Gasteiger partial charge in [0.2, 0.25) is 5.95 Å². The van der Waals surface area contributed by atoms with Gasteiger partial charge in [-0.25, -0.2) is 4.98 Å². The zero-order chi connectivity index (χ0) is 23.3. The maximum Gasteiger partial charge on any atom is 0.231 e. The van der Waals surface area contributed by atoms with Crippen molar-refractivity contribution in [2.45, 2.75) is 32.4 Å². The minimum atomic E-state index is 0.234. The van der Waals surface area contributed by atoms with Crippen molar-refractivity contribution in [3.63, 3.8) is 0 Å². The fraction of sp³-hybridized carbons (Fsp3) is 0.542. The average Bonchev–Trinajstić information content (AvgIpc) is 3.32. The highest BCUT2D eigenvalue weighted by Gasteiger charge is 2.19. The molecule has 2 aromatic heterocycles. The molecule has 4 N–H and O–H groups in total. The minimum Gasteiger partial charge on any atom is -0.395 e. The fourth-order valence-corrected chi connectivity index (χ4v) is 4.68. The van der Waals surface area contributed by atoms with Gasteiger partial charge in [-0.05, 0) is 37.0 Å². The molecule has 10 heteroatoms. The summed E-state index contributed by atoms with van der Waals surface area (Å²) in [7, 11) is 0. The van der Waals surface area contributed by atoms with Crippen LogP contribution in [0.4, 0.5) is 17.5 Å². The van der Waals surface area contributed by atoms with Crippen LogP contribution in [0.25, 0.3) is 11.2 Å². The summed E-state index contributed by atoms with van der Waals surface area (Å²) in [5.74, 6) is 1.29. The van der Waals surface area contributed by atoms with Crippen LogP contribution in [0, 0.1) is 6.92 Å². The van der Waals surface area contributed by atoms with Crippen LogP contribution in [0.15, 0.2) is 24.5 Å². The van der Waals surface area contributed by atoms with E-state index in [0.717, 1.165) is 87.9 Å². The number of β-amino-alcohol motifs (C(OH)–C–C–N with tert-alkyl or cyclic N) is 1. The van der Waals surface area contributed by atoms with Crippen LogP contribution >= 0.6 is 0 Å². The Labute approximate surface area is 199 Å². The Balaban J connectivity index is 1.26. The standard InChI is InChI=1S/C24H34N8O2/c1-17-14-18(15-32-8-6-31(7-9-32)10-11-33)2-3-20(17)28-24-29-22-21(25-16-26-22)23(30-24)27-19-4-12-34-13-5-19/h2-3,14,16,19,33H,4-13,15H2,1H3,(H3,25,26,27,28,29,30). The number of anilines is 3. The summed E-state index contributed by atoms with van der Waals surface area (Å²) in [5.41, 5.74) is 4.91. The SMILES string of the molecule is Cc1cc(CN2CCN(CCO)CC2)ccc1Nc1nc(NC2CCOCC2)c2nc[nH]c2n1. The summed E-state index contributed by atoms with van der Waals surface area (Å²) in [5, 5.41) is 16.1. The van der Waals surface area contributed by atoms with E-state index in [9.17, 15) is 0 Å². The molecule has 4 heterocycles. The molecular weight excluding hydrogens is 432 g/mol. The number of hydrogen-bond acceptors (Lipinski definition) is 9. The fourth-order valence-electron chi connectivity index (χ4n) is 4.68. The number of aliphatic hydroxyl groups is 1. The molecule has 0 aliphatic carbocycles. The average molecular weight is 467 g/mol. The first kappa shape index (κ1) is 23.0. The molecule has 5 rings (SSSR count). The highest BCUT2D eigenvalue weighted by atomic mass is 16.5. The second-order valence-electron chi connectivity index (χ2n) is 9.14. The number of nitrogens with one attached hydrogen (secondary N) is 3. The third-order valence-electron chi connectivity index (χ3n) is 6.67. The molecule has 2 aliphatic rings. The summed E-state index contributed by atoms with van der Waals surface area (Å²) >= 11 is 0. The number of ether oxygens (including phenoxy) is 1. The Morgan fingerprint density at radius 3 is 2.68 bits per heavy atom. The van der Waals surface area contributed by atoms with E-state index in [1.54, 1.807) is 6.33 Å². The van der Waals surface area contributed by atoms with Gasteiger partial charge in [0.1, 0.15) is 5.52 Å². The van der Waals surface area contributed by atoms with Gasteiger partial charge in [-0.1, -0.05) is 12.1 Å². The molecule has 0 unspecified atom stereocenters. The molecule has 0 atom stereocenters. The third-order valence-corrected chi connectivity index (χ3v) is 6.67. The van der Waals surface area contributed by atoms with Gasteiger partial charge in [0.25, 0.3) is 0 Å². The van der Waals surface area contributed by atoms with Gasteiger partial charge in [-0.3, -0.25) is 9.80 Å². The quantitative estimate of drug-likeness (QED) is 0.396. The predicted octanol–water partition coefficient (Wildman–Crippen LogP) is 2.11. The first-order valence-electron chi connectivity index (χ1n) is 12.2. The van der Waals surface area contributed by atoms with Crippen molar-refractivity contribution in [3.8, 4) is 0 Å². The molecule has 0 spiro atoms. The van der Waals surface area contributed by atoms with Crippen molar-refractivity contribution in [2.24, 2.45) is 0 Å². The van der Waals surface area contributed by atoms with Gasteiger partial charge in [0.15, 0.2) is 11.5 Å². The Hall–Kier alpha value is -2.79. The van der Waals surface area contributed by atoms with Crippen molar-refractivity contribution in [1.82, 2.24) is 29.7 Å². The van der Waals surface area contributed by atoms with E-state index < -0.39 is 0 Å². The summed E-state index contributed by atoms with van der Waals surface area (Å²) < 4.78 is 5.48. The van der Waals surface area contributed by atoms with Crippen molar-refractivity contribution in [1.29, 1.82) is 0 Å². The molecule has 34 heavy (non-hydrogen) atoms. The van der Waals surface area contributed by atoms with Crippen LogP contribution in [0.5, 0.6) is 0 Å². The Bertz CT molecular complexity index is 1090. The van der Waals surface area contributed by atoms with E-state index in [-0.39, 0.29) is 6.61 Å². The molecule has 1 aromatic carbocycles. The van der Waals surface area contributed by atoms with Crippen LogP contribution in [-0.2, 0) is 11.3 Å². The van der Waals surface area contributed by atoms with Crippen molar-refractivity contribution >= 4 is 28.6 Å². The lowest BCUT2D eigenvalue weighted by atomic mass is 10.1. The van der Waals surface area contributed by atoms with Crippen molar-refractivity contribution in [2.75, 3.05) is 63.2 Å². The van der Waals surface area contributed by atoms with Gasteiger partial charge >= 0.3 is 0 Å². The van der Waals surface area contributed by atoms with Crippen LogP contribution in [0.3, 0.4) is 0 Å². The maximum atomic E-state index is 9.13. The summed E-state index contributed by atoms with van der Waals surface area (Å²) in [6.45, 7) is 9.66. The number of H-pyrrole nitrogens is 1. The molecule has 0 amide bonds. The lowest BCUT2D eigenvalue weighted by molar-refractivity contribution is 0.0904. The highest BCUT2D eigenvalue weighted by molar-refractivity contribution is 5.84. The molecule has 0 saturated carbocycles. The molecular formula is C24H34N8O2. The minimum absolute atomic E-state index is 0.234. The normalized spacial score (nSPS) is 18.4. The molecule has 10 nitrogen and oxygen atoms in total. The van der Waals surface area contributed by atoms with Gasteiger partial charge in [-0.15, -0.1) is 0 Å². The number of aromatic amines is 1.